The lowest BCUT2D eigenvalue weighted by Crippen LogP contribution is -2.23. The number of aliphatic carboxylic acids is 1. The van der Waals surface area contributed by atoms with Gasteiger partial charge in [0.25, 0.3) is 0 Å². The summed E-state index contributed by atoms with van der Waals surface area (Å²) >= 11 is 0. The second-order valence-corrected chi connectivity index (χ2v) is 3.67. The molecule has 0 saturated heterocycles. The molecule has 6 heteroatoms. The lowest BCUT2D eigenvalue weighted by atomic mass is 10.1. The van der Waals surface area contributed by atoms with E-state index in [9.17, 15) is 14.4 Å². The molecular formula is C11H18O6. The number of esters is 2. The number of hydrogen-bond donors (Lipinski definition) is 1. The number of carboxylic acids is 1. The fraction of sp³-hybridized carbons (Fsp3) is 0.727. The van der Waals surface area contributed by atoms with Gasteiger partial charge in [-0.3, -0.25) is 14.4 Å². The first-order chi connectivity index (χ1) is 7.91. The van der Waals surface area contributed by atoms with E-state index in [0.717, 1.165) is 0 Å². The molecule has 0 bridgehead atoms. The van der Waals surface area contributed by atoms with Crippen molar-refractivity contribution in [3.8, 4) is 0 Å². The molecule has 98 valence electrons. The maximum atomic E-state index is 10.8. The Kier molecular flexibility index (Phi) is 7.75. The number of carbonyl (C=O) groups is 3. The zero-order valence-electron chi connectivity index (χ0n) is 10.1. The molecule has 0 aromatic heterocycles. The maximum absolute atomic E-state index is 10.8. The van der Waals surface area contributed by atoms with Crippen molar-refractivity contribution in [3.63, 3.8) is 0 Å². The van der Waals surface area contributed by atoms with Crippen LogP contribution in [0.1, 0.15) is 39.5 Å². The summed E-state index contributed by atoms with van der Waals surface area (Å²) in [6.07, 6.45) is 1.18. The predicted molar refractivity (Wildman–Crippen MR) is 58.3 cm³/mol. The van der Waals surface area contributed by atoms with Crippen molar-refractivity contribution in [3.05, 3.63) is 0 Å². The molecule has 0 aliphatic heterocycles. The van der Waals surface area contributed by atoms with Gasteiger partial charge in [-0.15, -0.1) is 0 Å². The van der Waals surface area contributed by atoms with Crippen molar-refractivity contribution in [2.24, 2.45) is 0 Å². The molecule has 0 aliphatic carbocycles. The first-order valence-corrected chi connectivity index (χ1v) is 5.44. The summed E-state index contributed by atoms with van der Waals surface area (Å²) in [6.45, 7) is 2.56. The molecule has 0 heterocycles. The molecule has 0 aliphatic rings. The quantitative estimate of drug-likeness (QED) is 0.510. The Morgan fingerprint density at radius 2 is 1.76 bits per heavy atom. The predicted octanol–water partition coefficient (Wildman–Crippen LogP) is 1.13. The average Bonchev–Trinajstić information content (AvgIpc) is 2.19. The largest absolute Gasteiger partial charge is 0.481 e. The van der Waals surface area contributed by atoms with Gasteiger partial charge >= 0.3 is 17.9 Å². The summed E-state index contributed by atoms with van der Waals surface area (Å²) in [5.74, 6) is -1.73. The number of ether oxygens (including phenoxy) is 2. The van der Waals surface area contributed by atoms with Gasteiger partial charge < -0.3 is 14.6 Å². The third-order valence-corrected chi connectivity index (χ3v) is 1.97. The van der Waals surface area contributed by atoms with E-state index in [1.165, 1.54) is 13.8 Å². The van der Waals surface area contributed by atoms with Crippen LogP contribution in [0.5, 0.6) is 0 Å². The second kappa shape index (κ2) is 8.55. The topological polar surface area (TPSA) is 89.9 Å². The van der Waals surface area contributed by atoms with Crippen LogP contribution in [0.4, 0.5) is 0 Å². The highest BCUT2D eigenvalue weighted by molar-refractivity contribution is 5.67. The van der Waals surface area contributed by atoms with Gasteiger partial charge in [-0.2, -0.15) is 0 Å². The molecular weight excluding hydrogens is 228 g/mol. The Morgan fingerprint density at radius 1 is 1.12 bits per heavy atom. The fourth-order valence-corrected chi connectivity index (χ4v) is 1.27. The van der Waals surface area contributed by atoms with Crippen LogP contribution in [0, 0.1) is 0 Å². The van der Waals surface area contributed by atoms with Crippen LogP contribution < -0.4 is 0 Å². The lowest BCUT2D eigenvalue weighted by molar-refractivity contribution is -0.156. The van der Waals surface area contributed by atoms with E-state index < -0.39 is 24.0 Å². The van der Waals surface area contributed by atoms with Gasteiger partial charge in [0.1, 0.15) is 12.7 Å². The van der Waals surface area contributed by atoms with Crippen molar-refractivity contribution in [2.45, 2.75) is 45.6 Å². The molecule has 0 radical (unpaired) electrons. The summed E-state index contributed by atoms with van der Waals surface area (Å²) in [4.78, 5) is 31.7. The normalized spacial score (nSPS) is 11.6. The van der Waals surface area contributed by atoms with Gasteiger partial charge in [-0.25, -0.2) is 0 Å². The van der Waals surface area contributed by atoms with E-state index in [0.29, 0.717) is 19.3 Å². The number of rotatable bonds is 8. The molecule has 0 fully saturated rings. The minimum Gasteiger partial charge on any atom is -0.481 e. The van der Waals surface area contributed by atoms with Gasteiger partial charge in [0.2, 0.25) is 0 Å². The Hall–Kier alpha value is -1.59. The molecule has 6 nitrogen and oxygen atoms in total. The Morgan fingerprint density at radius 3 is 2.24 bits per heavy atom. The zero-order valence-corrected chi connectivity index (χ0v) is 10.1. The summed E-state index contributed by atoms with van der Waals surface area (Å²) in [6, 6.07) is 0. The molecule has 1 unspecified atom stereocenters. The Bertz CT molecular complexity index is 273. The third kappa shape index (κ3) is 10.7. The standard InChI is InChI=1S/C11H18O6/c1-8(12)16-7-10(17-9(2)13)5-3-4-6-11(14)15/h10H,3-7H2,1-2H3,(H,14,15). The van der Waals surface area contributed by atoms with E-state index in [2.05, 4.69) is 0 Å². The van der Waals surface area contributed by atoms with E-state index in [1.807, 2.05) is 0 Å². The van der Waals surface area contributed by atoms with Crippen molar-refractivity contribution in [1.29, 1.82) is 0 Å². The van der Waals surface area contributed by atoms with E-state index in [4.69, 9.17) is 14.6 Å². The van der Waals surface area contributed by atoms with Crippen LogP contribution in [0.2, 0.25) is 0 Å². The summed E-state index contributed by atoms with van der Waals surface area (Å²) < 4.78 is 9.69. The highest BCUT2D eigenvalue weighted by Gasteiger charge is 2.13. The second-order valence-electron chi connectivity index (χ2n) is 3.67. The number of hydrogen-bond acceptors (Lipinski definition) is 5. The van der Waals surface area contributed by atoms with Crippen LogP contribution >= 0.6 is 0 Å². The van der Waals surface area contributed by atoms with Crippen LogP contribution in [0.15, 0.2) is 0 Å². The highest BCUT2D eigenvalue weighted by atomic mass is 16.6. The van der Waals surface area contributed by atoms with Crippen molar-refractivity contribution in [2.75, 3.05) is 6.61 Å². The van der Waals surface area contributed by atoms with Gasteiger partial charge in [0, 0.05) is 20.3 Å². The molecule has 1 N–H and O–H groups in total. The summed E-state index contributed by atoms with van der Waals surface area (Å²) in [5, 5.41) is 8.45. The SMILES string of the molecule is CC(=O)OCC(CCCCC(=O)O)OC(C)=O. The van der Waals surface area contributed by atoms with Crippen LogP contribution in [-0.4, -0.2) is 35.7 Å². The van der Waals surface area contributed by atoms with Crippen LogP contribution in [-0.2, 0) is 23.9 Å². The van der Waals surface area contributed by atoms with Crippen LogP contribution in [0.3, 0.4) is 0 Å². The van der Waals surface area contributed by atoms with Gasteiger partial charge in [-0.1, -0.05) is 0 Å². The van der Waals surface area contributed by atoms with Gasteiger partial charge in [-0.05, 0) is 19.3 Å². The number of carbonyl (C=O) groups excluding carboxylic acids is 2. The molecule has 0 saturated carbocycles. The third-order valence-electron chi connectivity index (χ3n) is 1.97. The molecule has 17 heavy (non-hydrogen) atoms. The number of unbranched alkanes of at least 4 members (excludes halogenated alkanes) is 1. The highest BCUT2D eigenvalue weighted by Crippen LogP contribution is 2.08. The van der Waals surface area contributed by atoms with Crippen molar-refractivity contribution < 1.29 is 29.0 Å². The lowest BCUT2D eigenvalue weighted by Gasteiger charge is -2.16. The number of carboxylic acid groups (broad SMARTS) is 1. The minimum atomic E-state index is -0.853. The minimum absolute atomic E-state index is 0.0159. The maximum Gasteiger partial charge on any atom is 0.303 e. The Labute approximate surface area is 99.9 Å². The molecule has 0 aromatic rings. The van der Waals surface area contributed by atoms with Crippen molar-refractivity contribution in [1.82, 2.24) is 0 Å². The Balaban J connectivity index is 3.88. The molecule has 0 rings (SSSR count). The van der Waals surface area contributed by atoms with Gasteiger partial charge in [0.05, 0.1) is 0 Å². The van der Waals surface area contributed by atoms with Crippen LogP contribution in [0.25, 0.3) is 0 Å². The summed E-state index contributed by atoms with van der Waals surface area (Å²) in [7, 11) is 0. The van der Waals surface area contributed by atoms with E-state index in [1.54, 1.807) is 0 Å². The first kappa shape index (κ1) is 15.4. The zero-order chi connectivity index (χ0) is 13.3. The van der Waals surface area contributed by atoms with E-state index >= 15 is 0 Å². The molecule has 1 atom stereocenters. The summed E-state index contributed by atoms with van der Waals surface area (Å²) in [5.41, 5.74) is 0. The van der Waals surface area contributed by atoms with E-state index in [-0.39, 0.29) is 13.0 Å². The molecule has 0 amide bonds. The fourth-order valence-electron chi connectivity index (χ4n) is 1.27. The first-order valence-electron chi connectivity index (χ1n) is 5.44. The monoisotopic (exact) mass is 246 g/mol. The molecule has 0 aromatic carbocycles. The molecule has 0 spiro atoms. The average molecular weight is 246 g/mol. The smallest absolute Gasteiger partial charge is 0.303 e. The van der Waals surface area contributed by atoms with Crippen molar-refractivity contribution >= 4 is 17.9 Å². The van der Waals surface area contributed by atoms with Gasteiger partial charge in [0.15, 0.2) is 0 Å².